The molecule has 3 rings (SSSR count). The lowest BCUT2D eigenvalue weighted by Crippen LogP contribution is -2.48. The Morgan fingerprint density at radius 2 is 1.69 bits per heavy atom. The lowest BCUT2D eigenvalue weighted by molar-refractivity contribution is -0.117. The molecule has 1 saturated heterocycles. The van der Waals surface area contributed by atoms with Crippen LogP contribution in [0.3, 0.4) is 0 Å². The third kappa shape index (κ3) is 5.56. The highest BCUT2D eigenvalue weighted by Gasteiger charge is 2.19. The van der Waals surface area contributed by atoms with E-state index in [0.717, 1.165) is 49.9 Å². The average Bonchev–Trinajstić information content (AvgIpc) is 2.64. The zero-order valence-electron chi connectivity index (χ0n) is 15.2. The quantitative estimate of drug-likeness (QED) is 0.841. The Hall–Kier alpha value is -1.88. The Morgan fingerprint density at radius 1 is 1.00 bits per heavy atom. The number of benzene rings is 2. The van der Waals surface area contributed by atoms with Crippen molar-refractivity contribution in [2.75, 3.05) is 38.0 Å². The van der Waals surface area contributed by atoms with Gasteiger partial charge in [-0.15, -0.1) is 0 Å². The fourth-order valence-corrected chi connectivity index (χ4v) is 3.44. The third-order valence-electron chi connectivity index (χ3n) is 4.77. The zero-order chi connectivity index (χ0) is 18.4. The first kappa shape index (κ1) is 18.9. The first-order valence-electron chi connectivity index (χ1n) is 9.20. The van der Waals surface area contributed by atoms with Crippen molar-refractivity contribution in [2.45, 2.75) is 19.9 Å². The largest absolute Gasteiger partial charge is 0.325 e. The number of halogens is 1. The van der Waals surface area contributed by atoms with Crippen molar-refractivity contribution in [3.05, 3.63) is 64.7 Å². The summed E-state index contributed by atoms with van der Waals surface area (Å²) in [4.78, 5) is 16.9. The average molecular weight is 372 g/mol. The number of carbonyl (C=O) groups is 1. The molecule has 4 nitrogen and oxygen atoms in total. The highest BCUT2D eigenvalue weighted by Crippen LogP contribution is 2.14. The minimum atomic E-state index is 0.0533. The van der Waals surface area contributed by atoms with Gasteiger partial charge in [-0.1, -0.05) is 42.8 Å². The third-order valence-corrected chi connectivity index (χ3v) is 5.01. The molecule has 26 heavy (non-hydrogen) atoms. The molecule has 1 heterocycles. The molecule has 1 aliphatic heterocycles. The number of rotatable bonds is 6. The fourth-order valence-electron chi connectivity index (χ4n) is 3.23. The first-order chi connectivity index (χ1) is 12.6. The Balaban J connectivity index is 1.42. The number of nitrogens with one attached hydrogen (secondary N) is 1. The summed E-state index contributed by atoms with van der Waals surface area (Å²) < 4.78 is 0. The first-order valence-corrected chi connectivity index (χ1v) is 9.58. The predicted molar refractivity (Wildman–Crippen MR) is 108 cm³/mol. The Labute approximate surface area is 160 Å². The Bertz CT molecular complexity index is 724. The summed E-state index contributed by atoms with van der Waals surface area (Å²) in [5.74, 6) is 0.0533. The second-order valence-corrected chi connectivity index (χ2v) is 7.22. The molecule has 0 aromatic heterocycles. The minimum Gasteiger partial charge on any atom is -0.325 e. The van der Waals surface area contributed by atoms with Gasteiger partial charge in [0.25, 0.3) is 0 Å². The summed E-state index contributed by atoms with van der Waals surface area (Å²) in [5, 5.41) is 3.77. The number of nitrogens with zero attached hydrogens (tertiary/aromatic N) is 2. The van der Waals surface area contributed by atoms with E-state index >= 15 is 0 Å². The molecule has 0 aliphatic carbocycles. The van der Waals surface area contributed by atoms with Crippen molar-refractivity contribution < 1.29 is 4.79 Å². The van der Waals surface area contributed by atoms with Crippen LogP contribution >= 0.6 is 11.6 Å². The van der Waals surface area contributed by atoms with Gasteiger partial charge in [0.15, 0.2) is 0 Å². The van der Waals surface area contributed by atoms with Gasteiger partial charge in [0.05, 0.1) is 6.54 Å². The van der Waals surface area contributed by atoms with Gasteiger partial charge >= 0.3 is 0 Å². The van der Waals surface area contributed by atoms with Crippen molar-refractivity contribution in [1.82, 2.24) is 9.80 Å². The van der Waals surface area contributed by atoms with E-state index in [9.17, 15) is 4.79 Å². The normalized spacial score (nSPS) is 15.8. The molecule has 0 radical (unpaired) electrons. The molecule has 138 valence electrons. The van der Waals surface area contributed by atoms with Gasteiger partial charge in [0.1, 0.15) is 0 Å². The SMILES string of the molecule is CCc1ccc(NC(=O)CN2CCN(Cc3cccc(Cl)c3)CC2)cc1. The van der Waals surface area contributed by atoms with Crippen LogP contribution in [-0.4, -0.2) is 48.4 Å². The lowest BCUT2D eigenvalue weighted by Gasteiger charge is -2.34. The molecule has 0 unspecified atom stereocenters. The van der Waals surface area contributed by atoms with Gasteiger partial charge in [0, 0.05) is 43.4 Å². The molecule has 2 aromatic carbocycles. The van der Waals surface area contributed by atoms with Gasteiger partial charge in [-0.05, 0) is 41.8 Å². The van der Waals surface area contributed by atoms with E-state index in [1.54, 1.807) is 0 Å². The summed E-state index contributed by atoms with van der Waals surface area (Å²) in [7, 11) is 0. The number of anilines is 1. The highest BCUT2D eigenvalue weighted by molar-refractivity contribution is 6.30. The second kappa shape index (κ2) is 9.17. The highest BCUT2D eigenvalue weighted by atomic mass is 35.5. The number of hydrogen-bond acceptors (Lipinski definition) is 3. The fraction of sp³-hybridized carbons (Fsp3) is 0.381. The van der Waals surface area contributed by atoms with Crippen LogP contribution in [0.4, 0.5) is 5.69 Å². The van der Waals surface area contributed by atoms with Gasteiger partial charge in [0.2, 0.25) is 5.91 Å². The van der Waals surface area contributed by atoms with Gasteiger partial charge in [-0.2, -0.15) is 0 Å². The van der Waals surface area contributed by atoms with Gasteiger partial charge in [-0.25, -0.2) is 0 Å². The molecule has 0 saturated carbocycles. The summed E-state index contributed by atoms with van der Waals surface area (Å²) >= 11 is 6.06. The molecule has 5 heteroatoms. The molecule has 1 N–H and O–H groups in total. The second-order valence-electron chi connectivity index (χ2n) is 6.78. The van der Waals surface area contributed by atoms with Crippen molar-refractivity contribution in [2.24, 2.45) is 0 Å². The number of carbonyl (C=O) groups excluding carboxylic acids is 1. The van der Waals surface area contributed by atoms with Crippen LogP contribution in [0.25, 0.3) is 0 Å². The van der Waals surface area contributed by atoms with Crippen molar-refractivity contribution >= 4 is 23.2 Å². The van der Waals surface area contributed by atoms with Crippen LogP contribution in [0.15, 0.2) is 48.5 Å². The number of amides is 1. The van der Waals surface area contributed by atoms with E-state index in [-0.39, 0.29) is 5.91 Å². The Morgan fingerprint density at radius 3 is 2.35 bits per heavy atom. The molecular formula is C21H26ClN3O. The summed E-state index contributed by atoms with van der Waals surface area (Å²) in [6.45, 7) is 7.21. The smallest absolute Gasteiger partial charge is 0.238 e. The maximum Gasteiger partial charge on any atom is 0.238 e. The molecule has 1 amide bonds. The van der Waals surface area contributed by atoms with Crippen LogP contribution in [0.2, 0.25) is 5.02 Å². The predicted octanol–water partition coefficient (Wildman–Crippen LogP) is 3.66. The lowest BCUT2D eigenvalue weighted by atomic mass is 10.1. The van der Waals surface area contributed by atoms with E-state index in [4.69, 9.17) is 11.6 Å². The summed E-state index contributed by atoms with van der Waals surface area (Å²) in [6, 6.07) is 16.1. The molecule has 0 bridgehead atoms. The molecule has 0 spiro atoms. The van der Waals surface area contributed by atoms with E-state index in [0.29, 0.717) is 6.54 Å². The van der Waals surface area contributed by atoms with Crippen LogP contribution in [0, 0.1) is 0 Å². The molecular weight excluding hydrogens is 346 g/mol. The van der Waals surface area contributed by atoms with Crippen LogP contribution < -0.4 is 5.32 Å². The van der Waals surface area contributed by atoms with E-state index in [2.05, 4.69) is 40.2 Å². The maximum atomic E-state index is 12.3. The van der Waals surface area contributed by atoms with Crippen molar-refractivity contribution in [3.8, 4) is 0 Å². The number of piperazine rings is 1. The van der Waals surface area contributed by atoms with Gasteiger partial charge < -0.3 is 5.32 Å². The van der Waals surface area contributed by atoms with Crippen molar-refractivity contribution in [3.63, 3.8) is 0 Å². The number of hydrogen-bond donors (Lipinski definition) is 1. The summed E-state index contributed by atoms with van der Waals surface area (Å²) in [5.41, 5.74) is 3.38. The van der Waals surface area contributed by atoms with Gasteiger partial charge in [-0.3, -0.25) is 14.6 Å². The topological polar surface area (TPSA) is 35.6 Å². The van der Waals surface area contributed by atoms with Crippen LogP contribution in [0.5, 0.6) is 0 Å². The standard InChI is InChI=1S/C21H26ClN3O/c1-2-17-6-8-20(9-7-17)23-21(26)16-25-12-10-24(11-13-25)15-18-4-3-5-19(22)14-18/h3-9,14H,2,10-13,15-16H2,1H3,(H,23,26). The molecule has 0 atom stereocenters. The van der Waals surface area contributed by atoms with E-state index in [1.807, 2.05) is 30.3 Å². The van der Waals surface area contributed by atoms with Crippen LogP contribution in [0.1, 0.15) is 18.1 Å². The molecule has 1 aliphatic rings. The molecule has 2 aromatic rings. The van der Waals surface area contributed by atoms with E-state index < -0.39 is 0 Å². The zero-order valence-corrected chi connectivity index (χ0v) is 16.0. The summed E-state index contributed by atoms with van der Waals surface area (Å²) in [6.07, 6.45) is 1.01. The molecule has 1 fully saturated rings. The number of aryl methyl sites for hydroxylation is 1. The Kier molecular flexibility index (Phi) is 6.67. The van der Waals surface area contributed by atoms with Crippen LogP contribution in [-0.2, 0) is 17.8 Å². The minimum absolute atomic E-state index is 0.0533. The monoisotopic (exact) mass is 371 g/mol. The van der Waals surface area contributed by atoms with Crippen molar-refractivity contribution in [1.29, 1.82) is 0 Å². The maximum absolute atomic E-state index is 12.3. The van der Waals surface area contributed by atoms with E-state index in [1.165, 1.54) is 11.1 Å².